The van der Waals surface area contributed by atoms with E-state index in [0.29, 0.717) is 44.2 Å². The topological polar surface area (TPSA) is 71.1 Å². The first-order valence-electron chi connectivity index (χ1n) is 9.98. The number of hydrogen-bond acceptors (Lipinski definition) is 5. The van der Waals surface area contributed by atoms with Crippen LogP contribution in [0.5, 0.6) is 5.75 Å². The van der Waals surface area contributed by atoms with Crippen molar-refractivity contribution in [1.82, 2.24) is 15.1 Å². The normalized spacial score (nSPS) is 14.2. The quantitative estimate of drug-likeness (QED) is 0.685. The lowest BCUT2D eigenvalue weighted by atomic mass is 10.1. The summed E-state index contributed by atoms with van der Waals surface area (Å²) in [5.74, 6) is 0.137. The molecule has 2 aromatic rings. The van der Waals surface area contributed by atoms with E-state index in [1.54, 1.807) is 4.90 Å². The molecule has 156 valence electrons. The van der Waals surface area contributed by atoms with E-state index in [4.69, 9.17) is 9.47 Å². The second kappa shape index (κ2) is 10.2. The molecule has 7 nitrogen and oxygen atoms in total. The number of hydrogen-bond donors (Lipinski definition) is 1. The van der Waals surface area contributed by atoms with Crippen LogP contribution in [0.25, 0.3) is 10.8 Å². The number of rotatable bonds is 8. The average molecular weight is 399 g/mol. The lowest BCUT2D eigenvalue weighted by molar-refractivity contribution is -0.137. The van der Waals surface area contributed by atoms with Gasteiger partial charge in [0.05, 0.1) is 18.8 Å². The van der Waals surface area contributed by atoms with Crippen molar-refractivity contribution in [2.24, 2.45) is 0 Å². The molecule has 1 saturated heterocycles. The molecule has 0 radical (unpaired) electrons. The van der Waals surface area contributed by atoms with E-state index in [2.05, 4.69) is 10.2 Å². The van der Waals surface area contributed by atoms with Gasteiger partial charge in [-0.05, 0) is 50.0 Å². The van der Waals surface area contributed by atoms with Crippen LogP contribution in [0.3, 0.4) is 0 Å². The predicted octanol–water partition coefficient (Wildman–Crippen LogP) is 1.76. The van der Waals surface area contributed by atoms with Crippen molar-refractivity contribution in [1.29, 1.82) is 0 Å². The smallest absolute Gasteiger partial charge is 0.260 e. The van der Waals surface area contributed by atoms with Crippen LogP contribution in [0.1, 0.15) is 16.8 Å². The van der Waals surface area contributed by atoms with Crippen molar-refractivity contribution in [3.63, 3.8) is 0 Å². The molecule has 0 bridgehead atoms. The largest absolute Gasteiger partial charge is 0.483 e. The van der Waals surface area contributed by atoms with Crippen molar-refractivity contribution in [3.05, 3.63) is 42.0 Å². The zero-order valence-corrected chi connectivity index (χ0v) is 17.1. The summed E-state index contributed by atoms with van der Waals surface area (Å²) in [7, 11) is 4.01. The number of morpholine rings is 1. The molecule has 2 amide bonds. The third-order valence-corrected chi connectivity index (χ3v) is 4.88. The zero-order chi connectivity index (χ0) is 20.6. The highest BCUT2D eigenvalue weighted by Crippen LogP contribution is 2.26. The average Bonchev–Trinajstić information content (AvgIpc) is 2.74. The summed E-state index contributed by atoms with van der Waals surface area (Å²) < 4.78 is 11.1. The first-order chi connectivity index (χ1) is 14.0. The minimum Gasteiger partial charge on any atom is -0.483 e. The van der Waals surface area contributed by atoms with Crippen LogP contribution in [0.4, 0.5) is 0 Å². The summed E-state index contributed by atoms with van der Waals surface area (Å²) in [6.07, 6.45) is 0.859. The molecule has 1 aliphatic rings. The Morgan fingerprint density at radius 1 is 1.14 bits per heavy atom. The van der Waals surface area contributed by atoms with Gasteiger partial charge in [0.25, 0.3) is 11.8 Å². The van der Waals surface area contributed by atoms with Gasteiger partial charge >= 0.3 is 0 Å². The fraction of sp³-hybridized carbons (Fsp3) is 0.455. The highest BCUT2D eigenvalue weighted by atomic mass is 16.5. The Morgan fingerprint density at radius 3 is 2.52 bits per heavy atom. The fourth-order valence-corrected chi connectivity index (χ4v) is 3.25. The molecular weight excluding hydrogens is 370 g/mol. The second-order valence-electron chi connectivity index (χ2n) is 7.39. The maximum absolute atomic E-state index is 12.8. The number of nitrogens with one attached hydrogen (secondary N) is 1. The molecule has 0 aromatic heterocycles. The van der Waals surface area contributed by atoms with Crippen molar-refractivity contribution >= 4 is 22.6 Å². The van der Waals surface area contributed by atoms with Gasteiger partial charge in [0.15, 0.2) is 6.61 Å². The molecule has 1 fully saturated rings. The van der Waals surface area contributed by atoms with Crippen LogP contribution in [0.2, 0.25) is 0 Å². The molecule has 0 spiro atoms. The van der Waals surface area contributed by atoms with E-state index < -0.39 is 0 Å². The molecule has 7 heteroatoms. The minimum atomic E-state index is -0.191. The van der Waals surface area contributed by atoms with Crippen LogP contribution in [-0.2, 0) is 9.53 Å². The van der Waals surface area contributed by atoms with Crippen LogP contribution in [-0.4, -0.2) is 81.7 Å². The van der Waals surface area contributed by atoms with Crippen molar-refractivity contribution in [3.8, 4) is 5.75 Å². The van der Waals surface area contributed by atoms with Gasteiger partial charge in [0.2, 0.25) is 0 Å². The fourth-order valence-electron chi connectivity index (χ4n) is 3.25. The van der Waals surface area contributed by atoms with Crippen LogP contribution >= 0.6 is 0 Å². The number of amides is 2. The minimum absolute atomic E-state index is 0.0980. The van der Waals surface area contributed by atoms with E-state index in [0.717, 1.165) is 23.7 Å². The van der Waals surface area contributed by atoms with E-state index in [1.807, 2.05) is 50.5 Å². The molecule has 29 heavy (non-hydrogen) atoms. The number of fused-ring (bicyclic) bond motifs is 1. The summed E-state index contributed by atoms with van der Waals surface area (Å²) in [5, 5.41) is 4.87. The predicted molar refractivity (Wildman–Crippen MR) is 112 cm³/mol. The van der Waals surface area contributed by atoms with Crippen molar-refractivity contribution in [2.45, 2.75) is 6.42 Å². The SMILES string of the molecule is CN(C)CCCNC(=O)c1cc2ccccc2cc1OCC(=O)N1CCOCC1. The van der Waals surface area contributed by atoms with Crippen molar-refractivity contribution in [2.75, 3.05) is 60.1 Å². The molecule has 1 heterocycles. The Labute approximate surface area is 171 Å². The number of ether oxygens (including phenoxy) is 2. The third kappa shape index (κ3) is 5.92. The maximum Gasteiger partial charge on any atom is 0.260 e. The van der Waals surface area contributed by atoms with Crippen LogP contribution in [0.15, 0.2) is 36.4 Å². The lowest BCUT2D eigenvalue weighted by Crippen LogP contribution is -2.43. The number of nitrogens with zero attached hydrogens (tertiary/aromatic N) is 2. The van der Waals surface area contributed by atoms with Gasteiger partial charge in [-0.3, -0.25) is 9.59 Å². The molecule has 1 aliphatic heterocycles. The Balaban J connectivity index is 1.72. The molecule has 2 aromatic carbocycles. The summed E-state index contributed by atoms with van der Waals surface area (Å²) in [6, 6.07) is 11.4. The molecule has 1 N–H and O–H groups in total. The first-order valence-corrected chi connectivity index (χ1v) is 9.98. The van der Waals surface area contributed by atoms with Crippen LogP contribution in [0, 0.1) is 0 Å². The number of carbonyl (C=O) groups is 2. The van der Waals surface area contributed by atoms with Crippen molar-refractivity contribution < 1.29 is 19.1 Å². The monoisotopic (exact) mass is 399 g/mol. The molecule has 0 saturated carbocycles. The maximum atomic E-state index is 12.8. The van der Waals surface area contributed by atoms with E-state index in [9.17, 15) is 9.59 Å². The summed E-state index contributed by atoms with van der Waals surface area (Å²) in [6.45, 7) is 3.60. The summed E-state index contributed by atoms with van der Waals surface area (Å²) in [4.78, 5) is 29.0. The number of benzene rings is 2. The van der Waals surface area contributed by atoms with E-state index in [-0.39, 0.29) is 18.4 Å². The van der Waals surface area contributed by atoms with E-state index >= 15 is 0 Å². The highest BCUT2D eigenvalue weighted by molar-refractivity contribution is 6.01. The van der Waals surface area contributed by atoms with Gasteiger partial charge in [-0.1, -0.05) is 24.3 Å². The van der Waals surface area contributed by atoms with Gasteiger partial charge in [-0.15, -0.1) is 0 Å². The van der Waals surface area contributed by atoms with Crippen LogP contribution < -0.4 is 10.1 Å². The van der Waals surface area contributed by atoms with Gasteiger partial charge in [-0.25, -0.2) is 0 Å². The Morgan fingerprint density at radius 2 is 1.83 bits per heavy atom. The second-order valence-corrected chi connectivity index (χ2v) is 7.39. The highest BCUT2D eigenvalue weighted by Gasteiger charge is 2.19. The molecular formula is C22H29N3O4. The number of carbonyl (C=O) groups excluding carboxylic acids is 2. The molecule has 0 unspecified atom stereocenters. The molecule has 0 atom stereocenters. The Hall–Kier alpha value is -2.64. The molecule has 0 aliphatic carbocycles. The Kier molecular flexibility index (Phi) is 7.43. The van der Waals surface area contributed by atoms with Gasteiger partial charge in [-0.2, -0.15) is 0 Å². The van der Waals surface area contributed by atoms with Gasteiger partial charge in [0.1, 0.15) is 5.75 Å². The summed E-state index contributed by atoms with van der Waals surface area (Å²) in [5.41, 5.74) is 0.448. The van der Waals surface area contributed by atoms with Gasteiger partial charge in [0, 0.05) is 19.6 Å². The third-order valence-electron chi connectivity index (χ3n) is 4.88. The first kappa shape index (κ1) is 21.1. The van der Waals surface area contributed by atoms with Gasteiger partial charge < -0.3 is 24.6 Å². The summed E-state index contributed by atoms with van der Waals surface area (Å²) >= 11 is 0. The van der Waals surface area contributed by atoms with E-state index in [1.165, 1.54) is 0 Å². The molecule has 3 rings (SSSR count). The standard InChI is InChI=1S/C22H29N3O4/c1-24(2)9-5-8-23-22(27)19-14-17-6-3-4-7-18(17)15-20(19)29-16-21(26)25-10-12-28-13-11-25/h3-4,6-7,14-15H,5,8-13,16H2,1-2H3,(H,23,27). The lowest BCUT2D eigenvalue weighted by Gasteiger charge is -2.26. The Bertz CT molecular complexity index is 847. The zero-order valence-electron chi connectivity index (χ0n) is 17.1.